The second-order valence-corrected chi connectivity index (χ2v) is 6.65. The van der Waals surface area contributed by atoms with Crippen LogP contribution in [-0.4, -0.2) is 17.8 Å². The monoisotopic (exact) mass is 359 g/mol. The van der Waals surface area contributed by atoms with Gasteiger partial charge in [-0.15, -0.1) is 4.91 Å². The topological polar surface area (TPSA) is 76.0 Å². The van der Waals surface area contributed by atoms with E-state index in [2.05, 4.69) is 13.8 Å². The lowest BCUT2D eigenvalue weighted by Crippen LogP contribution is -2.05. The van der Waals surface area contributed by atoms with Crippen LogP contribution in [0.25, 0.3) is 0 Å². The molecule has 0 bridgehead atoms. The van der Waals surface area contributed by atoms with E-state index in [1.165, 1.54) is 88.8 Å². The van der Waals surface area contributed by atoms with Gasteiger partial charge in [-0.1, -0.05) is 97.3 Å². The van der Waals surface area contributed by atoms with E-state index < -0.39 is 0 Å². The Hall–Kier alpha value is -1.13. The van der Waals surface area contributed by atoms with Crippen molar-refractivity contribution >= 4 is 5.97 Å². The molecule has 0 aliphatic heterocycles. The zero-order chi connectivity index (χ0) is 19.0. The Morgan fingerprint density at radius 3 is 1.52 bits per heavy atom. The van der Waals surface area contributed by atoms with Crippen molar-refractivity contribution in [3.05, 3.63) is 4.91 Å². The van der Waals surface area contributed by atoms with Crippen LogP contribution in [0.1, 0.15) is 117 Å². The van der Waals surface area contributed by atoms with Crippen LogP contribution in [-0.2, 0) is 9.53 Å². The first-order valence-corrected chi connectivity index (χ1v) is 10.3. The lowest BCUT2D eigenvalue weighted by atomic mass is 10.1. The summed E-state index contributed by atoms with van der Waals surface area (Å²) in [6.07, 6.45) is 19.7. The Labute approximate surface area is 154 Å². The van der Waals surface area contributed by atoms with Crippen molar-refractivity contribution in [2.75, 3.05) is 6.61 Å². The van der Waals surface area contributed by atoms with Gasteiger partial charge >= 0.3 is 5.97 Å². The third-order valence-corrected chi connectivity index (χ3v) is 4.25. The van der Waals surface area contributed by atoms with Crippen LogP contribution in [0.2, 0.25) is 0 Å². The number of nitrogens with zero attached hydrogens (tertiary/aromatic N) is 1. The third kappa shape index (κ3) is 28.0. The average molecular weight is 360 g/mol. The zero-order valence-electron chi connectivity index (χ0n) is 16.6. The maximum Gasteiger partial charge on any atom is 0.305 e. The van der Waals surface area contributed by atoms with Crippen LogP contribution >= 0.6 is 0 Å². The molecule has 0 heterocycles. The van der Waals surface area contributed by atoms with Crippen LogP contribution in [0.4, 0.5) is 0 Å². The predicted molar refractivity (Wildman–Crippen MR) is 104 cm³/mol. The Kier molecular flexibility index (Phi) is 26.2. The first-order chi connectivity index (χ1) is 12.2. The Morgan fingerprint density at radius 1 is 0.720 bits per heavy atom. The number of hydrogen-bond donors (Lipinski definition) is 1. The van der Waals surface area contributed by atoms with E-state index in [9.17, 15) is 4.79 Å². The molecule has 0 unspecified atom stereocenters. The van der Waals surface area contributed by atoms with Gasteiger partial charge in [0.2, 0.25) is 0 Å². The fourth-order valence-corrected chi connectivity index (χ4v) is 2.72. The molecule has 0 aliphatic rings. The summed E-state index contributed by atoms with van der Waals surface area (Å²) in [6, 6.07) is 0. The maximum absolute atomic E-state index is 11.6. The standard InChI is InChI=1S/C20H40O2.HNO2/c1-3-5-7-9-11-12-13-14-16-18-20(21)22-19-17-15-10-8-6-4-2;2-1-3/h3-19H2,1-2H3;(H,2,3). The molecule has 1 N–H and O–H groups in total. The zero-order valence-corrected chi connectivity index (χ0v) is 16.6. The van der Waals surface area contributed by atoms with Gasteiger partial charge in [0.25, 0.3) is 0 Å². The summed E-state index contributed by atoms with van der Waals surface area (Å²) in [5, 5.41) is 7.89. The molecule has 0 saturated heterocycles. The van der Waals surface area contributed by atoms with Gasteiger partial charge in [0, 0.05) is 6.42 Å². The first kappa shape index (κ1) is 26.1. The van der Waals surface area contributed by atoms with Gasteiger partial charge in [0.05, 0.1) is 6.61 Å². The lowest BCUT2D eigenvalue weighted by Gasteiger charge is -2.05. The van der Waals surface area contributed by atoms with E-state index in [-0.39, 0.29) is 5.97 Å². The van der Waals surface area contributed by atoms with Crippen molar-refractivity contribution in [2.45, 2.75) is 117 Å². The summed E-state index contributed by atoms with van der Waals surface area (Å²) >= 11 is 0. The molecule has 0 aromatic heterocycles. The molecule has 0 spiro atoms. The molecule has 5 nitrogen and oxygen atoms in total. The van der Waals surface area contributed by atoms with E-state index in [4.69, 9.17) is 14.9 Å². The van der Waals surface area contributed by atoms with Crippen molar-refractivity contribution < 1.29 is 14.7 Å². The molecule has 0 aromatic carbocycles. The summed E-state index contributed by atoms with van der Waals surface area (Å²) < 4.78 is 5.28. The Balaban J connectivity index is 0. The van der Waals surface area contributed by atoms with Gasteiger partial charge in [0.1, 0.15) is 0 Å². The average Bonchev–Trinajstić information content (AvgIpc) is 2.60. The number of unbranched alkanes of at least 4 members (excludes halogenated alkanes) is 13. The number of ether oxygens (including phenoxy) is 1. The number of esters is 1. The van der Waals surface area contributed by atoms with Gasteiger partial charge in [-0.05, 0) is 12.8 Å². The Morgan fingerprint density at radius 2 is 1.08 bits per heavy atom. The quantitative estimate of drug-likeness (QED) is 0.132. The summed E-state index contributed by atoms with van der Waals surface area (Å²) in [5.41, 5.74) is 0. The van der Waals surface area contributed by atoms with Crippen LogP contribution in [0, 0.1) is 4.91 Å². The van der Waals surface area contributed by atoms with Crippen LogP contribution < -0.4 is 0 Å². The molecule has 0 saturated carbocycles. The highest BCUT2D eigenvalue weighted by atomic mass is 16.6. The van der Waals surface area contributed by atoms with Crippen molar-refractivity contribution in [1.29, 1.82) is 0 Å². The van der Waals surface area contributed by atoms with E-state index in [0.717, 1.165) is 12.8 Å². The van der Waals surface area contributed by atoms with Crippen LogP contribution in [0.15, 0.2) is 5.34 Å². The Bertz CT molecular complexity index is 272. The van der Waals surface area contributed by atoms with Crippen LogP contribution in [0.3, 0.4) is 0 Å². The fourth-order valence-electron chi connectivity index (χ4n) is 2.72. The third-order valence-electron chi connectivity index (χ3n) is 4.25. The summed E-state index contributed by atoms with van der Waals surface area (Å²) in [4.78, 5) is 19.7. The van der Waals surface area contributed by atoms with E-state index in [1.807, 2.05) is 0 Å². The highest BCUT2D eigenvalue weighted by Gasteiger charge is 2.02. The van der Waals surface area contributed by atoms with Crippen molar-refractivity contribution in [3.8, 4) is 0 Å². The molecule has 0 radical (unpaired) electrons. The highest BCUT2D eigenvalue weighted by Crippen LogP contribution is 2.11. The largest absolute Gasteiger partial charge is 0.466 e. The predicted octanol–water partition coefficient (Wildman–Crippen LogP) is 6.95. The second-order valence-electron chi connectivity index (χ2n) is 6.65. The molecule has 0 aliphatic carbocycles. The van der Waals surface area contributed by atoms with E-state index in [1.54, 1.807) is 0 Å². The molecular formula is C20H41NO4. The lowest BCUT2D eigenvalue weighted by molar-refractivity contribution is -0.143. The van der Waals surface area contributed by atoms with Gasteiger partial charge in [0.15, 0.2) is 5.34 Å². The van der Waals surface area contributed by atoms with Gasteiger partial charge in [-0.25, -0.2) is 0 Å². The molecule has 0 atom stereocenters. The molecule has 0 aromatic rings. The molecular weight excluding hydrogens is 318 g/mol. The minimum atomic E-state index is 0.0107. The van der Waals surface area contributed by atoms with Gasteiger partial charge in [-0.2, -0.15) is 0 Å². The summed E-state index contributed by atoms with van der Waals surface area (Å²) in [6.45, 7) is 5.11. The molecule has 150 valence electrons. The van der Waals surface area contributed by atoms with E-state index in [0.29, 0.717) is 13.0 Å². The molecule has 0 rings (SSSR count). The maximum atomic E-state index is 11.6. The molecule has 5 heteroatoms. The number of carbonyl (C=O) groups excluding carboxylic acids is 1. The molecule has 25 heavy (non-hydrogen) atoms. The van der Waals surface area contributed by atoms with Crippen molar-refractivity contribution in [2.24, 2.45) is 5.34 Å². The van der Waals surface area contributed by atoms with Crippen molar-refractivity contribution in [1.82, 2.24) is 0 Å². The number of hydrogen-bond acceptors (Lipinski definition) is 4. The van der Waals surface area contributed by atoms with E-state index >= 15 is 0 Å². The molecule has 0 fully saturated rings. The first-order valence-electron chi connectivity index (χ1n) is 10.3. The minimum Gasteiger partial charge on any atom is -0.466 e. The van der Waals surface area contributed by atoms with Crippen LogP contribution in [0.5, 0.6) is 0 Å². The van der Waals surface area contributed by atoms with Gasteiger partial charge in [-0.3, -0.25) is 4.79 Å². The number of carbonyl (C=O) groups is 1. The summed E-state index contributed by atoms with van der Waals surface area (Å²) in [5.74, 6) is 0.0107. The second kappa shape index (κ2) is 25.1. The highest BCUT2D eigenvalue weighted by molar-refractivity contribution is 5.69. The molecule has 0 amide bonds. The number of rotatable bonds is 17. The minimum absolute atomic E-state index is 0.0107. The van der Waals surface area contributed by atoms with Crippen molar-refractivity contribution in [3.63, 3.8) is 0 Å². The fraction of sp³-hybridized carbons (Fsp3) is 0.950. The smallest absolute Gasteiger partial charge is 0.305 e. The van der Waals surface area contributed by atoms with Gasteiger partial charge < -0.3 is 9.94 Å². The SMILES string of the molecule is CCCCCCCCCCCC(=O)OCCCCCCCC.O=NO. The summed E-state index contributed by atoms with van der Waals surface area (Å²) in [7, 11) is 0. The normalized spacial score (nSPS) is 10.0.